The second kappa shape index (κ2) is 9.32. The number of nitrogens with one attached hydrogen (secondary N) is 1. The van der Waals surface area contributed by atoms with E-state index in [9.17, 15) is 4.79 Å². The van der Waals surface area contributed by atoms with Crippen LogP contribution < -0.4 is 14.8 Å². The zero-order valence-electron chi connectivity index (χ0n) is 15.7. The van der Waals surface area contributed by atoms with Crippen LogP contribution in [-0.4, -0.2) is 22.0 Å². The lowest BCUT2D eigenvalue weighted by molar-refractivity contribution is -0.111. The van der Waals surface area contributed by atoms with Gasteiger partial charge in [0.2, 0.25) is 11.8 Å². The molecule has 2 aromatic carbocycles. The second-order valence-corrected chi connectivity index (χ2v) is 6.23. The highest BCUT2D eigenvalue weighted by molar-refractivity contribution is 6.01. The minimum atomic E-state index is -0.224. The third-order valence-electron chi connectivity index (χ3n) is 3.54. The van der Waals surface area contributed by atoms with E-state index < -0.39 is 0 Å². The maximum Gasteiger partial charge on any atom is 0.248 e. The number of hydrogen-bond donors (Lipinski definition) is 1. The van der Waals surface area contributed by atoms with Crippen LogP contribution in [0, 0.1) is 0 Å². The molecule has 0 atom stereocenters. The Labute approximate surface area is 163 Å². The summed E-state index contributed by atoms with van der Waals surface area (Å²) in [6.45, 7) is 3.94. The number of carbonyl (C=O) groups is 1. The van der Waals surface area contributed by atoms with Crippen molar-refractivity contribution in [2.45, 2.75) is 20.0 Å². The molecule has 0 saturated carbocycles. The van der Waals surface area contributed by atoms with Crippen molar-refractivity contribution in [2.24, 2.45) is 0 Å². The minimum absolute atomic E-state index is 0.100. The number of nitrogens with zero attached hydrogens (tertiary/aromatic N) is 2. The van der Waals surface area contributed by atoms with Gasteiger partial charge in [-0.15, -0.1) is 0 Å². The van der Waals surface area contributed by atoms with E-state index in [0.29, 0.717) is 17.3 Å². The van der Waals surface area contributed by atoms with Crippen molar-refractivity contribution < 1.29 is 14.3 Å². The van der Waals surface area contributed by atoms with E-state index in [4.69, 9.17) is 9.47 Å². The molecule has 0 spiro atoms. The number of ether oxygens (including phenoxy) is 2. The van der Waals surface area contributed by atoms with Crippen LogP contribution in [0.5, 0.6) is 17.4 Å². The molecule has 0 unspecified atom stereocenters. The predicted octanol–water partition coefficient (Wildman–Crippen LogP) is 4.71. The van der Waals surface area contributed by atoms with E-state index in [0.717, 1.165) is 11.3 Å². The molecule has 6 heteroatoms. The van der Waals surface area contributed by atoms with E-state index in [2.05, 4.69) is 15.3 Å². The molecule has 0 aliphatic heterocycles. The summed E-state index contributed by atoms with van der Waals surface area (Å²) >= 11 is 0. The summed E-state index contributed by atoms with van der Waals surface area (Å²) in [5.41, 5.74) is 1.55. The molecular weight excluding hydrogens is 354 g/mol. The Balaban J connectivity index is 1.56. The second-order valence-electron chi connectivity index (χ2n) is 6.23. The predicted molar refractivity (Wildman–Crippen MR) is 108 cm³/mol. The molecule has 0 fully saturated rings. The summed E-state index contributed by atoms with van der Waals surface area (Å²) in [7, 11) is 0. The molecule has 28 heavy (non-hydrogen) atoms. The average molecular weight is 375 g/mol. The normalized spacial score (nSPS) is 10.8. The zero-order chi connectivity index (χ0) is 19.8. The highest BCUT2D eigenvalue weighted by atomic mass is 16.5. The Morgan fingerprint density at radius 1 is 1.07 bits per heavy atom. The van der Waals surface area contributed by atoms with Crippen LogP contribution in [0.2, 0.25) is 0 Å². The topological polar surface area (TPSA) is 73.3 Å². The quantitative estimate of drug-likeness (QED) is 0.606. The molecule has 1 amide bonds. The first-order valence-electron chi connectivity index (χ1n) is 8.88. The van der Waals surface area contributed by atoms with Gasteiger partial charge in [-0.1, -0.05) is 12.1 Å². The third kappa shape index (κ3) is 5.95. The Morgan fingerprint density at radius 3 is 2.61 bits per heavy atom. The highest BCUT2D eigenvalue weighted by Gasteiger charge is 2.02. The Bertz CT molecular complexity index is 939. The number of benzene rings is 2. The van der Waals surface area contributed by atoms with Gasteiger partial charge in [0.15, 0.2) is 0 Å². The third-order valence-corrected chi connectivity index (χ3v) is 3.54. The molecule has 142 valence electrons. The molecule has 3 rings (SSSR count). The van der Waals surface area contributed by atoms with Gasteiger partial charge in [-0.3, -0.25) is 9.78 Å². The maximum absolute atomic E-state index is 12.1. The fourth-order valence-electron chi connectivity index (χ4n) is 2.38. The highest BCUT2D eigenvalue weighted by Crippen LogP contribution is 2.21. The van der Waals surface area contributed by atoms with Crippen molar-refractivity contribution in [3.8, 4) is 17.4 Å². The van der Waals surface area contributed by atoms with E-state index >= 15 is 0 Å². The van der Waals surface area contributed by atoms with Crippen molar-refractivity contribution in [3.63, 3.8) is 0 Å². The van der Waals surface area contributed by atoms with Gasteiger partial charge in [-0.2, -0.15) is 0 Å². The molecular formula is C22H21N3O3. The lowest BCUT2D eigenvalue weighted by atomic mass is 10.2. The fraction of sp³-hybridized carbons (Fsp3) is 0.136. The average Bonchev–Trinajstić information content (AvgIpc) is 2.69. The van der Waals surface area contributed by atoms with E-state index in [-0.39, 0.29) is 12.0 Å². The van der Waals surface area contributed by atoms with E-state index in [1.54, 1.807) is 42.7 Å². The first-order chi connectivity index (χ1) is 13.6. The summed E-state index contributed by atoms with van der Waals surface area (Å²) in [5.74, 6) is 1.57. The summed E-state index contributed by atoms with van der Waals surface area (Å²) in [5, 5.41) is 2.81. The van der Waals surface area contributed by atoms with Crippen LogP contribution in [0.4, 0.5) is 5.69 Å². The maximum atomic E-state index is 12.1. The van der Waals surface area contributed by atoms with Crippen LogP contribution in [0.15, 0.2) is 73.2 Å². The molecule has 3 aromatic rings. The van der Waals surface area contributed by atoms with Crippen molar-refractivity contribution in [2.75, 3.05) is 5.32 Å². The first-order valence-corrected chi connectivity index (χ1v) is 8.88. The van der Waals surface area contributed by atoms with Gasteiger partial charge >= 0.3 is 0 Å². The number of carbonyl (C=O) groups excluding carboxylic acids is 1. The van der Waals surface area contributed by atoms with Crippen molar-refractivity contribution in [1.82, 2.24) is 9.97 Å². The van der Waals surface area contributed by atoms with Crippen molar-refractivity contribution in [1.29, 1.82) is 0 Å². The van der Waals surface area contributed by atoms with Crippen LogP contribution in [0.1, 0.15) is 19.4 Å². The monoisotopic (exact) mass is 375 g/mol. The molecule has 0 radical (unpaired) electrons. The summed E-state index contributed by atoms with van der Waals surface area (Å²) in [4.78, 5) is 20.1. The van der Waals surface area contributed by atoms with Crippen LogP contribution in [0.3, 0.4) is 0 Å². The van der Waals surface area contributed by atoms with Crippen LogP contribution in [0.25, 0.3) is 6.08 Å². The molecule has 0 aliphatic carbocycles. The standard InChI is InChI=1S/C22H21N3O3/c1-16(2)27-20-5-3-4-17(14-20)6-11-21(26)25-18-7-9-19(10-8-18)28-22-15-23-12-13-24-22/h3-16H,1-2H3,(H,25,26)/b11-6+. The largest absolute Gasteiger partial charge is 0.491 e. The summed E-state index contributed by atoms with van der Waals surface area (Å²) < 4.78 is 11.2. The number of rotatable bonds is 7. The lowest BCUT2D eigenvalue weighted by Crippen LogP contribution is -2.07. The van der Waals surface area contributed by atoms with Gasteiger partial charge in [0.25, 0.3) is 0 Å². The first kappa shape index (κ1) is 19.1. The van der Waals surface area contributed by atoms with E-state index in [1.807, 2.05) is 38.1 Å². The van der Waals surface area contributed by atoms with Gasteiger partial charge in [0, 0.05) is 24.2 Å². The van der Waals surface area contributed by atoms with Gasteiger partial charge in [0.1, 0.15) is 11.5 Å². The van der Waals surface area contributed by atoms with Gasteiger partial charge in [0.05, 0.1) is 12.3 Å². The van der Waals surface area contributed by atoms with Gasteiger partial charge in [-0.05, 0) is 61.9 Å². The van der Waals surface area contributed by atoms with Gasteiger partial charge < -0.3 is 14.8 Å². The molecule has 1 aromatic heterocycles. The molecule has 1 heterocycles. The zero-order valence-corrected chi connectivity index (χ0v) is 15.7. The van der Waals surface area contributed by atoms with Crippen LogP contribution >= 0.6 is 0 Å². The number of aromatic nitrogens is 2. The summed E-state index contributed by atoms with van der Waals surface area (Å²) in [6, 6.07) is 14.6. The smallest absolute Gasteiger partial charge is 0.248 e. The molecule has 1 N–H and O–H groups in total. The van der Waals surface area contributed by atoms with Crippen LogP contribution in [-0.2, 0) is 4.79 Å². The molecule has 6 nitrogen and oxygen atoms in total. The Kier molecular flexibility index (Phi) is 6.36. The van der Waals surface area contributed by atoms with Crippen molar-refractivity contribution in [3.05, 3.63) is 78.8 Å². The van der Waals surface area contributed by atoms with Gasteiger partial charge in [-0.25, -0.2) is 4.98 Å². The molecule has 0 bridgehead atoms. The SMILES string of the molecule is CC(C)Oc1cccc(/C=C/C(=O)Nc2ccc(Oc3cnccn3)cc2)c1. The number of hydrogen-bond acceptors (Lipinski definition) is 5. The lowest BCUT2D eigenvalue weighted by Gasteiger charge is -2.09. The number of amides is 1. The van der Waals surface area contributed by atoms with Crippen molar-refractivity contribution >= 4 is 17.7 Å². The molecule has 0 saturated heterocycles. The molecule has 0 aliphatic rings. The Hall–Kier alpha value is -3.67. The number of anilines is 1. The Morgan fingerprint density at radius 2 is 1.89 bits per heavy atom. The fourth-order valence-corrected chi connectivity index (χ4v) is 2.38. The van der Waals surface area contributed by atoms with E-state index in [1.165, 1.54) is 12.3 Å². The summed E-state index contributed by atoms with van der Waals surface area (Å²) in [6.07, 6.45) is 7.99. The minimum Gasteiger partial charge on any atom is -0.491 e.